The summed E-state index contributed by atoms with van der Waals surface area (Å²) in [5.74, 6) is -0.620. The van der Waals surface area contributed by atoms with Crippen molar-refractivity contribution < 1.29 is 18.3 Å². The molecule has 1 aromatic heterocycles. The van der Waals surface area contributed by atoms with E-state index < -0.39 is 18.4 Å². The number of H-pyrrole nitrogens is 1. The predicted molar refractivity (Wildman–Crippen MR) is 82.8 cm³/mol. The summed E-state index contributed by atoms with van der Waals surface area (Å²) in [6.45, 7) is -0.0262. The number of aliphatic hydroxyl groups is 1. The molecule has 3 N–H and O–H groups in total. The van der Waals surface area contributed by atoms with Gasteiger partial charge in [-0.2, -0.15) is 13.2 Å². The number of hydrogen-bond donors (Lipinski definition) is 3. The van der Waals surface area contributed by atoms with E-state index in [4.69, 9.17) is 11.6 Å². The van der Waals surface area contributed by atoms with Gasteiger partial charge in [0.15, 0.2) is 0 Å². The number of amidine groups is 1. The summed E-state index contributed by atoms with van der Waals surface area (Å²) in [4.78, 5) is 11.1. The number of imidazole rings is 1. The predicted octanol–water partition coefficient (Wildman–Crippen LogP) is 2.34. The Hall–Kier alpha value is -2.26. The molecule has 0 bridgehead atoms. The molecule has 10 heteroatoms. The maximum Gasteiger partial charge on any atom is 0.449 e. The summed E-state index contributed by atoms with van der Waals surface area (Å²) >= 11 is 6.01. The fourth-order valence-electron chi connectivity index (χ4n) is 2.48. The van der Waals surface area contributed by atoms with Gasteiger partial charge in [0.25, 0.3) is 0 Å². The van der Waals surface area contributed by atoms with Gasteiger partial charge in [0.05, 0.1) is 24.1 Å². The van der Waals surface area contributed by atoms with Gasteiger partial charge in [-0.15, -0.1) is 0 Å². The van der Waals surface area contributed by atoms with Crippen molar-refractivity contribution in [2.45, 2.75) is 19.1 Å². The van der Waals surface area contributed by atoms with Gasteiger partial charge in [-0.1, -0.05) is 11.6 Å². The van der Waals surface area contributed by atoms with Gasteiger partial charge in [0.2, 0.25) is 12.2 Å². The fraction of sp³-hybridized carbons (Fsp3) is 0.286. The highest BCUT2D eigenvalue weighted by Gasteiger charge is 2.35. The number of aliphatic imine (C=N–C) groups is 1. The first-order valence-corrected chi connectivity index (χ1v) is 7.26. The molecule has 3 rings (SSSR count). The molecule has 0 radical (unpaired) electrons. The number of alkyl halides is 3. The van der Waals surface area contributed by atoms with E-state index in [2.05, 4.69) is 20.3 Å². The van der Waals surface area contributed by atoms with E-state index in [-0.39, 0.29) is 12.2 Å². The molecule has 2 heterocycles. The van der Waals surface area contributed by atoms with Crippen molar-refractivity contribution in [2.24, 2.45) is 4.99 Å². The van der Waals surface area contributed by atoms with E-state index >= 15 is 0 Å². The topological polar surface area (TPSA) is 76.5 Å². The van der Waals surface area contributed by atoms with Crippen LogP contribution in [0.5, 0.6) is 0 Å². The standard InChI is InChI=1S/C14H13ClF3N5O/c1-19-11-9-3-2-7(15)4-10(9)23(13(24)22-11)6-8-5-20-12(21-8)14(16,17)18/h2-5,13,24H,6H2,1H3,(H,19,22)(H,20,21). The monoisotopic (exact) mass is 359 g/mol. The van der Waals surface area contributed by atoms with Crippen molar-refractivity contribution in [2.75, 3.05) is 11.9 Å². The molecule has 0 aliphatic carbocycles. The lowest BCUT2D eigenvalue weighted by Crippen LogP contribution is -2.52. The van der Waals surface area contributed by atoms with Crippen LogP contribution in [0.2, 0.25) is 5.02 Å². The molecule has 0 spiro atoms. The molecule has 1 aliphatic rings. The van der Waals surface area contributed by atoms with Crippen LogP contribution in [0.15, 0.2) is 29.4 Å². The van der Waals surface area contributed by atoms with E-state index in [1.807, 2.05) is 0 Å². The highest BCUT2D eigenvalue weighted by molar-refractivity contribution is 6.31. The molecule has 0 saturated heterocycles. The molecular weight excluding hydrogens is 347 g/mol. The van der Waals surface area contributed by atoms with Crippen LogP contribution in [0.25, 0.3) is 0 Å². The van der Waals surface area contributed by atoms with Crippen molar-refractivity contribution in [3.8, 4) is 0 Å². The third-order valence-electron chi connectivity index (χ3n) is 3.55. The van der Waals surface area contributed by atoms with Crippen LogP contribution >= 0.6 is 11.6 Å². The smallest absolute Gasteiger partial charge is 0.356 e. The number of aliphatic hydroxyl groups excluding tert-OH is 1. The number of nitrogens with one attached hydrogen (secondary N) is 2. The van der Waals surface area contributed by atoms with E-state index in [1.165, 1.54) is 4.90 Å². The minimum Gasteiger partial charge on any atom is -0.356 e. The van der Waals surface area contributed by atoms with Crippen LogP contribution < -0.4 is 10.2 Å². The summed E-state index contributed by atoms with van der Waals surface area (Å²) in [5.41, 5.74) is 1.44. The number of fused-ring (bicyclic) bond motifs is 1. The van der Waals surface area contributed by atoms with Crippen LogP contribution in [0.1, 0.15) is 17.1 Å². The van der Waals surface area contributed by atoms with Gasteiger partial charge >= 0.3 is 6.18 Å². The maximum absolute atomic E-state index is 12.6. The van der Waals surface area contributed by atoms with Gasteiger partial charge in [0, 0.05) is 17.6 Å². The van der Waals surface area contributed by atoms with Crippen molar-refractivity contribution in [3.05, 3.63) is 46.5 Å². The quantitative estimate of drug-likeness (QED) is 0.769. The normalized spacial score (nSPS) is 19.3. The van der Waals surface area contributed by atoms with E-state index in [9.17, 15) is 18.3 Å². The Morgan fingerprint density at radius 2 is 2.17 bits per heavy atom. The number of aromatic amines is 1. The molecule has 2 aromatic rings. The zero-order valence-corrected chi connectivity index (χ0v) is 13.2. The largest absolute Gasteiger partial charge is 0.449 e. The average Bonchev–Trinajstić information content (AvgIpc) is 2.98. The molecule has 0 amide bonds. The number of benzene rings is 1. The number of halogens is 4. The first kappa shape index (κ1) is 16.6. The van der Waals surface area contributed by atoms with Crippen LogP contribution in [0.3, 0.4) is 0 Å². The summed E-state index contributed by atoms with van der Waals surface area (Å²) in [5, 5.41) is 13.5. The lowest BCUT2D eigenvalue weighted by molar-refractivity contribution is -0.144. The van der Waals surface area contributed by atoms with Gasteiger partial charge in [0.1, 0.15) is 5.84 Å². The molecule has 6 nitrogen and oxygen atoms in total. The molecule has 24 heavy (non-hydrogen) atoms. The summed E-state index contributed by atoms with van der Waals surface area (Å²) < 4.78 is 37.9. The van der Waals surface area contributed by atoms with Crippen LogP contribution in [0.4, 0.5) is 18.9 Å². The van der Waals surface area contributed by atoms with Crippen LogP contribution in [0, 0.1) is 0 Å². The maximum atomic E-state index is 12.6. The number of rotatable bonds is 2. The minimum atomic E-state index is -4.56. The second-order valence-corrected chi connectivity index (χ2v) is 5.57. The summed E-state index contributed by atoms with van der Waals surface area (Å²) in [6, 6.07) is 5.01. The lowest BCUT2D eigenvalue weighted by Gasteiger charge is -2.37. The Balaban J connectivity index is 1.96. The zero-order valence-electron chi connectivity index (χ0n) is 12.4. The van der Waals surface area contributed by atoms with Crippen molar-refractivity contribution in [3.63, 3.8) is 0 Å². The van der Waals surface area contributed by atoms with Gasteiger partial charge in [-0.05, 0) is 18.2 Å². The van der Waals surface area contributed by atoms with Crippen molar-refractivity contribution in [1.29, 1.82) is 0 Å². The van der Waals surface area contributed by atoms with Crippen molar-refractivity contribution >= 4 is 23.1 Å². The van der Waals surface area contributed by atoms with E-state index in [1.54, 1.807) is 25.2 Å². The average molecular weight is 360 g/mol. The minimum absolute atomic E-state index is 0.0262. The Kier molecular flexibility index (Phi) is 4.14. The first-order chi connectivity index (χ1) is 11.3. The van der Waals surface area contributed by atoms with Crippen LogP contribution in [-0.4, -0.2) is 34.3 Å². The molecule has 0 saturated carbocycles. The van der Waals surface area contributed by atoms with Gasteiger partial charge in [-0.25, -0.2) is 4.98 Å². The number of aromatic nitrogens is 2. The SMILES string of the molecule is CN=C1NC(O)N(Cc2cnc(C(F)(F)F)[nH]2)c2cc(Cl)ccc21. The Labute approximate surface area is 140 Å². The Bertz CT molecular complexity index is 789. The molecule has 1 aromatic carbocycles. The number of nitrogens with zero attached hydrogens (tertiary/aromatic N) is 3. The number of hydrogen-bond acceptors (Lipinski definition) is 4. The van der Waals surface area contributed by atoms with E-state index in [0.29, 0.717) is 22.1 Å². The Morgan fingerprint density at radius 1 is 1.42 bits per heavy atom. The molecule has 1 unspecified atom stereocenters. The van der Waals surface area contributed by atoms with Crippen LogP contribution in [-0.2, 0) is 12.7 Å². The number of anilines is 1. The molecule has 1 atom stereocenters. The first-order valence-electron chi connectivity index (χ1n) is 6.88. The zero-order chi connectivity index (χ0) is 17.5. The molecule has 0 fully saturated rings. The second-order valence-electron chi connectivity index (χ2n) is 5.13. The molecule has 128 valence electrons. The molecule has 1 aliphatic heterocycles. The van der Waals surface area contributed by atoms with Crippen molar-refractivity contribution in [1.82, 2.24) is 15.3 Å². The molecular formula is C14H13ClF3N5O. The summed E-state index contributed by atoms with van der Waals surface area (Å²) in [6.07, 6.45) is -4.64. The Morgan fingerprint density at radius 3 is 2.79 bits per heavy atom. The van der Waals surface area contributed by atoms with E-state index in [0.717, 1.165) is 6.20 Å². The highest BCUT2D eigenvalue weighted by Crippen LogP contribution is 2.31. The highest BCUT2D eigenvalue weighted by atomic mass is 35.5. The third-order valence-corrected chi connectivity index (χ3v) is 3.78. The second kappa shape index (κ2) is 5.99. The van der Waals surface area contributed by atoms with Gasteiger partial charge in [-0.3, -0.25) is 4.99 Å². The fourth-order valence-corrected chi connectivity index (χ4v) is 2.64. The lowest BCUT2D eigenvalue weighted by atomic mass is 10.1. The third kappa shape index (κ3) is 3.04. The van der Waals surface area contributed by atoms with Gasteiger partial charge < -0.3 is 20.3 Å². The summed E-state index contributed by atoms with van der Waals surface area (Å²) in [7, 11) is 1.56.